The molecule has 2 aromatic rings. The van der Waals surface area contributed by atoms with Gasteiger partial charge in [0.15, 0.2) is 5.82 Å². The van der Waals surface area contributed by atoms with E-state index in [-0.39, 0.29) is 0 Å². The van der Waals surface area contributed by atoms with E-state index in [4.69, 9.17) is 9.72 Å². The van der Waals surface area contributed by atoms with Gasteiger partial charge in [-0.25, -0.2) is 0 Å². The molecule has 0 bridgehead atoms. The van der Waals surface area contributed by atoms with Gasteiger partial charge in [-0.3, -0.25) is 0 Å². The van der Waals surface area contributed by atoms with Gasteiger partial charge >= 0.3 is 0 Å². The lowest BCUT2D eigenvalue weighted by atomic mass is 10.0. The number of nitrogens with zero attached hydrogens (tertiary/aromatic N) is 4. The van der Waals surface area contributed by atoms with E-state index in [9.17, 15) is 0 Å². The molecule has 4 rings (SSSR count). The van der Waals surface area contributed by atoms with Crippen molar-refractivity contribution in [3.8, 4) is 17.1 Å². The lowest BCUT2D eigenvalue weighted by Crippen LogP contribution is -2.46. The van der Waals surface area contributed by atoms with E-state index in [1.807, 2.05) is 24.3 Å². The summed E-state index contributed by atoms with van der Waals surface area (Å²) in [6, 6.07) is 8.73. The van der Waals surface area contributed by atoms with Crippen LogP contribution in [0.15, 0.2) is 24.3 Å². The fraction of sp³-hybridized carbons (Fsp3) is 0.579. The Labute approximate surface area is 153 Å². The molecule has 0 amide bonds. The molecule has 134 valence electrons. The van der Waals surface area contributed by atoms with Crippen molar-refractivity contribution in [2.24, 2.45) is 0 Å². The monoisotopic (exact) mass is 358 g/mol. The molecule has 0 saturated carbocycles. The molecule has 25 heavy (non-hydrogen) atoms. The zero-order chi connectivity index (χ0) is 17.1. The van der Waals surface area contributed by atoms with E-state index >= 15 is 0 Å². The van der Waals surface area contributed by atoms with Gasteiger partial charge in [0.2, 0.25) is 5.13 Å². The summed E-state index contributed by atoms with van der Waals surface area (Å²) in [7, 11) is 1.69. The number of hydrogen-bond acceptors (Lipinski definition) is 6. The molecule has 2 fully saturated rings. The fourth-order valence-corrected chi connectivity index (χ4v) is 4.67. The average molecular weight is 359 g/mol. The molecule has 2 saturated heterocycles. The summed E-state index contributed by atoms with van der Waals surface area (Å²) in [6.07, 6.45) is 6.65. The van der Waals surface area contributed by atoms with Crippen LogP contribution in [0.25, 0.3) is 11.4 Å². The van der Waals surface area contributed by atoms with E-state index < -0.39 is 0 Å². The summed E-state index contributed by atoms with van der Waals surface area (Å²) in [5.74, 6) is 1.65. The first kappa shape index (κ1) is 16.8. The summed E-state index contributed by atoms with van der Waals surface area (Å²) >= 11 is 1.51. The van der Waals surface area contributed by atoms with Crippen molar-refractivity contribution in [1.82, 2.24) is 14.3 Å². The van der Waals surface area contributed by atoms with E-state index in [1.54, 1.807) is 7.11 Å². The first-order valence-corrected chi connectivity index (χ1v) is 10.1. The van der Waals surface area contributed by atoms with Crippen molar-refractivity contribution in [2.75, 3.05) is 38.2 Å². The van der Waals surface area contributed by atoms with Crippen LogP contribution in [-0.4, -0.2) is 53.6 Å². The summed E-state index contributed by atoms with van der Waals surface area (Å²) in [4.78, 5) is 9.90. The first-order valence-electron chi connectivity index (χ1n) is 9.30. The van der Waals surface area contributed by atoms with Crippen LogP contribution in [0.1, 0.15) is 32.1 Å². The molecule has 0 unspecified atom stereocenters. The highest BCUT2D eigenvalue weighted by Crippen LogP contribution is 2.29. The van der Waals surface area contributed by atoms with E-state index in [1.165, 1.54) is 56.7 Å². The Balaban J connectivity index is 1.39. The first-order chi connectivity index (χ1) is 12.3. The van der Waals surface area contributed by atoms with Gasteiger partial charge in [-0.05, 0) is 50.9 Å². The molecular weight excluding hydrogens is 332 g/mol. The number of benzene rings is 1. The number of hydrogen-bond donors (Lipinski definition) is 0. The molecule has 5 nitrogen and oxygen atoms in total. The lowest BCUT2D eigenvalue weighted by molar-refractivity contribution is 0.141. The predicted octanol–water partition coefficient (Wildman–Crippen LogP) is 3.67. The van der Waals surface area contributed by atoms with Crippen molar-refractivity contribution in [2.45, 2.75) is 38.1 Å². The summed E-state index contributed by atoms with van der Waals surface area (Å²) in [6.45, 7) is 4.77. The van der Waals surface area contributed by atoms with Gasteiger partial charge in [0, 0.05) is 36.2 Å². The largest absolute Gasteiger partial charge is 0.497 e. The van der Waals surface area contributed by atoms with Crippen molar-refractivity contribution >= 4 is 16.7 Å². The highest BCUT2D eigenvalue weighted by Gasteiger charge is 2.27. The van der Waals surface area contributed by atoms with E-state index in [0.29, 0.717) is 0 Å². The van der Waals surface area contributed by atoms with Gasteiger partial charge in [0.05, 0.1) is 7.11 Å². The molecule has 6 heteroatoms. The standard InChI is InChI=1S/C19H26N4OS/c1-24-17-7-5-6-15(14-17)18-20-19(25-21-18)23-12-8-16(9-13-23)22-10-3-2-4-11-22/h5-7,14,16H,2-4,8-13H2,1H3. The molecule has 1 aromatic heterocycles. The number of rotatable bonds is 4. The minimum absolute atomic E-state index is 0.766. The second kappa shape index (κ2) is 7.70. The van der Waals surface area contributed by atoms with Gasteiger partial charge in [-0.2, -0.15) is 9.36 Å². The van der Waals surface area contributed by atoms with Crippen LogP contribution >= 0.6 is 11.5 Å². The number of anilines is 1. The normalized spacial score (nSPS) is 20.0. The van der Waals surface area contributed by atoms with Crippen LogP contribution in [0.3, 0.4) is 0 Å². The number of methoxy groups -OCH3 is 1. The molecule has 1 aromatic carbocycles. The third-order valence-corrected chi connectivity index (χ3v) is 6.16. The summed E-state index contributed by atoms with van der Waals surface area (Å²) in [5, 5.41) is 1.05. The van der Waals surface area contributed by atoms with Crippen LogP contribution in [0.5, 0.6) is 5.75 Å². The highest BCUT2D eigenvalue weighted by atomic mass is 32.1. The number of likely N-dealkylation sites (tertiary alicyclic amines) is 1. The van der Waals surface area contributed by atoms with Crippen LogP contribution in [0.4, 0.5) is 5.13 Å². The Hall–Kier alpha value is -1.66. The quantitative estimate of drug-likeness (QED) is 0.834. The van der Waals surface area contributed by atoms with Gasteiger partial charge in [-0.15, -0.1) is 0 Å². The Morgan fingerprint density at radius 2 is 1.88 bits per heavy atom. The molecular formula is C19H26N4OS. The zero-order valence-corrected chi connectivity index (χ0v) is 15.7. The van der Waals surface area contributed by atoms with Gasteiger partial charge in [0.25, 0.3) is 0 Å². The van der Waals surface area contributed by atoms with Crippen LogP contribution in [0.2, 0.25) is 0 Å². The second-order valence-corrected chi connectivity index (χ2v) is 7.68. The molecule has 2 aliphatic rings. The van der Waals surface area contributed by atoms with E-state index in [0.717, 1.165) is 41.4 Å². The molecule has 2 aliphatic heterocycles. The van der Waals surface area contributed by atoms with Crippen molar-refractivity contribution < 1.29 is 4.74 Å². The van der Waals surface area contributed by atoms with Crippen LogP contribution in [-0.2, 0) is 0 Å². The lowest BCUT2D eigenvalue weighted by Gasteiger charge is -2.40. The molecule has 3 heterocycles. The SMILES string of the molecule is COc1cccc(-c2nsc(N3CCC(N4CCCCC4)CC3)n2)c1. The zero-order valence-electron chi connectivity index (χ0n) is 14.9. The fourth-order valence-electron chi connectivity index (χ4n) is 3.93. The van der Waals surface area contributed by atoms with Gasteiger partial charge < -0.3 is 14.5 Å². The molecule has 0 radical (unpaired) electrons. The summed E-state index contributed by atoms with van der Waals surface area (Å²) < 4.78 is 9.87. The van der Waals surface area contributed by atoms with Crippen molar-refractivity contribution in [3.63, 3.8) is 0 Å². The topological polar surface area (TPSA) is 41.5 Å². The second-order valence-electron chi connectivity index (χ2n) is 6.95. The van der Waals surface area contributed by atoms with Crippen molar-refractivity contribution in [1.29, 1.82) is 0 Å². The Kier molecular flexibility index (Phi) is 5.17. The van der Waals surface area contributed by atoms with Crippen LogP contribution < -0.4 is 9.64 Å². The summed E-state index contributed by atoms with van der Waals surface area (Å²) in [5.41, 5.74) is 1.02. The third-order valence-electron chi connectivity index (χ3n) is 5.39. The predicted molar refractivity (Wildman–Crippen MR) is 103 cm³/mol. The third kappa shape index (κ3) is 3.80. The minimum Gasteiger partial charge on any atom is -0.497 e. The average Bonchev–Trinajstić information content (AvgIpc) is 3.19. The maximum atomic E-state index is 5.30. The highest BCUT2D eigenvalue weighted by molar-refractivity contribution is 7.09. The molecule has 0 atom stereocenters. The molecule has 0 N–H and O–H groups in total. The van der Waals surface area contributed by atoms with Crippen LogP contribution in [0, 0.1) is 0 Å². The smallest absolute Gasteiger partial charge is 0.205 e. The maximum absolute atomic E-state index is 5.30. The number of ether oxygens (including phenoxy) is 1. The van der Waals surface area contributed by atoms with E-state index in [2.05, 4.69) is 14.2 Å². The van der Waals surface area contributed by atoms with Gasteiger partial charge in [0.1, 0.15) is 5.75 Å². The molecule has 0 aliphatic carbocycles. The van der Waals surface area contributed by atoms with Gasteiger partial charge in [-0.1, -0.05) is 18.6 Å². The minimum atomic E-state index is 0.766. The Bertz CT molecular complexity index is 690. The number of piperidine rings is 2. The number of aromatic nitrogens is 2. The Morgan fingerprint density at radius 3 is 2.64 bits per heavy atom. The Morgan fingerprint density at radius 1 is 1.08 bits per heavy atom. The maximum Gasteiger partial charge on any atom is 0.205 e. The molecule has 0 spiro atoms. The van der Waals surface area contributed by atoms with Crippen molar-refractivity contribution in [3.05, 3.63) is 24.3 Å².